The molecule has 4 rings (SSSR count). The third-order valence-corrected chi connectivity index (χ3v) is 6.30. The highest BCUT2D eigenvalue weighted by atomic mass is 16.5. The van der Waals surface area contributed by atoms with Crippen LogP contribution in [0.5, 0.6) is 0 Å². The number of primary amides is 1. The van der Waals surface area contributed by atoms with Crippen LogP contribution in [0.2, 0.25) is 0 Å². The van der Waals surface area contributed by atoms with E-state index in [1.54, 1.807) is 13.0 Å². The number of aryl methyl sites for hydroxylation is 1. The van der Waals surface area contributed by atoms with Crippen molar-refractivity contribution < 1.29 is 29.3 Å². The Morgan fingerprint density at radius 1 is 1.30 bits per heavy atom. The van der Waals surface area contributed by atoms with Crippen LogP contribution in [0.25, 0.3) is 5.76 Å². The summed E-state index contributed by atoms with van der Waals surface area (Å²) in [6.07, 6.45) is 0.298. The summed E-state index contributed by atoms with van der Waals surface area (Å²) >= 11 is 0. The molecule has 10 heteroatoms. The van der Waals surface area contributed by atoms with Crippen molar-refractivity contribution in [2.24, 2.45) is 23.3 Å². The van der Waals surface area contributed by atoms with Gasteiger partial charge in [-0.05, 0) is 37.3 Å². The minimum atomic E-state index is -2.69. The minimum absolute atomic E-state index is 0.0543. The van der Waals surface area contributed by atoms with Gasteiger partial charge in [-0.3, -0.25) is 19.2 Å². The molecule has 0 aliphatic heterocycles. The smallest absolute Gasteiger partial charge is 0.259 e. The van der Waals surface area contributed by atoms with Crippen molar-refractivity contribution in [1.82, 2.24) is 4.98 Å². The van der Waals surface area contributed by atoms with Gasteiger partial charge >= 0.3 is 0 Å². The molecule has 158 valence electrons. The molecule has 1 aromatic heterocycles. The standard InChI is InChI=1S/C20H21N3O7/c1-6-3-7-4-8-5-9-13(21)15(30-2)12(18(22)27)17(26)20(9,29)16(25)10(8)14(24)11(7)19(28)23-6/h3,8-9,13,24,29H,4-5,21H2,1-2H3,(H2,22,27)(H,23,28)/t8-,9-,13-,20-/m0/s1. The van der Waals surface area contributed by atoms with E-state index in [0.29, 0.717) is 11.3 Å². The van der Waals surface area contributed by atoms with Gasteiger partial charge in [-0.25, -0.2) is 0 Å². The van der Waals surface area contributed by atoms with Crippen LogP contribution in [0.15, 0.2) is 27.8 Å². The number of aromatic amines is 1. The Kier molecular flexibility index (Phi) is 4.26. The first-order chi connectivity index (χ1) is 14.0. The number of carbonyl (C=O) groups is 3. The van der Waals surface area contributed by atoms with Gasteiger partial charge in [0.05, 0.1) is 18.7 Å². The molecule has 1 aromatic rings. The first-order valence-corrected chi connectivity index (χ1v) is 9.35. The van der Waals surface area contributed by atoms with Crippen LogP contribution in [0, 0.1) is 18.8 Å². The van der Waals surface area contributed by atoms with Crippen LogP contribution in [0.4, 0.5) is 0 Å². The van der Waals surface area contributed by atoms with Gasteiger partial charge in [0.1, 0.15) is 17.1 Å². The van der Waals surface area contributed by atoms with E-state index in [9.17, 15) is 29.4 Å². The van der Waals surface area contributed by atoms with Crippen molar-refractivity contribution >= 4 is 23.2 Å². The number of aliphatic hydroxyl groups excluding tert-OH is 1. The summed E-state index contributed by atoms with van der Waals surface area (Å²) in [7, 11) is 1.21. The average molecular weight is 415 g/mol. The number of Topliss-reactive ketones (excluding diaryl/α,β-unsaturated/α-hetero) is 2. The molecule has 0 spiro atoms. The van der Waals surface area contributed by atoms with Crippen molar-refractivity contribution in [2.45, 2.75) is 31.4 Å². The summed E-state index contributed by atoms with van der Waals surface area (Å²) in [6.45, 7) is 1.69. The first-order valence-electron chi connectivity index (χ1n) is 9.35. The summed E-state index contributed by atoms with van der Waals surface area (Å²) in [4.78, 5) is 53.2. The largest absolute Gasteiger partial charge is 0.507 e. The number of methoxy groups -OCH3 is 1. The lowest BCUT2D eigenvalue weighted by Gasteiger charge is -2.48. The number of carbonyl (C=O) groups excluding carboxylic acids is 3. The molecule has 3 aliphatic carbocycles. The van der Waals surface area contributed by atoms with Crippen LogP contribution in [0.3, 0.4) is 0 Å². The monoisotopic (exact) mass is 415 g/mol. The lowest BCUT2D eigenvalue weighted by Crippen LogP contribution is -2.66. The molecule has 30 heavy (non-hydrogen) atoms. The Labute approximate surface area is 170 Å². The summed E-state index contributed by atoms with van der Waals surface area (Å²) in [5, 5.41) is 22.0. The fraction of sp³-hybridized carbons (Fsp3) is 0.400. The molecule has 1 amide bonds. The number of aromatic nitrogens is 1. The van der Waals surface area contributed by atoms with Crippen LogP contribution < -0.4 is 17.0 Å². The number of nitrogens with two attached hydrogens (primary N) is 2. The van der Waals surface area contributed by atoms with Gasteiger partial charge in [0, 0.05) is 17.2 Å². The maximum atomic E-state index is 13.4. The number of nitrogens with one attached hydrogen (secondary N) is 1. The molecule has 1 saturated carbocycles. The van der Waals surface area contributed by atoms with Crippen molar-refractivity contribution in [1.29, 1.82) is 0 Å². The molecule has 0 aromatic carbocycles. The van der Waals surface area contributed by atoms with E-state index in [1.165, 1.54) is 7.11 Å². The normalized spacial score (nSPS) is 30.6. The number of fused-ring (bicyclic) bond motifs is 3. The number of H-pyrrole nitrogens is 1. The SMILES string of the molecule is COC1=C(C(N)=O)C(=O)[C@@]2(O)C(=O)C3=C(O)c4c(cc(C)[nH]c4=O)C[C@H]3C[C@H]2[C@@H]1N. The predicted molar refractivity (Wildman–Crippen MR) is 103 cm³/mol. The number of pyridine rings is 1. The Morgan fingerprint density at radius 2 is 1.97 bits per heavy atom. The van der Waals surface area contributed by atoms with E-state index >= 15 is 0 Å². The molecule has 10 nitrogen and oxygen atoms in total. The molecule has 0 saturated heterocycles. The van der Waals surface area contributed by atoms with Crippen molar-refractivity contribution in [3.05, 3.63) is 50.1 Å². The van der Waals surface area contributed by atoms with Crippen LogP contribution in [0.1, 0.15) is 23.2 Å². The number of rotatable bonds is 2. The minimum Gasteiger partial charge on any atom is -0.507 e. The molecule has 3 aliphatic rings. The molecule has 1 heterocycles. The van der Waals surface area contributed by atoms with Crippen molar-refractivity contribution in [2.75, 3.05) is 7.11 Å². The second-order valence-corrected chi connectivity index (χ2v) is 7.95. The highest BCUT2D eigenvalue weighted by molar-refractivity contribution is 6.32. The summed E-state index contributed by atoms with van der Waals surface area (Å²) < 4.78 is 5.13. The zero-order valence-corrected chi connectivity index (χ0v) is 16.3. The molecular formula is C20H21N3O7. The van der Waals surface area contributed by atoms with Gasteiger partial charge in [-0.2, -0.15) is 0 Å². The van der Waals surface area contributed by atoms with Crippen LogP contribution in [-0.2, 0) is 25.5 Å². The van der Waals surface area contributed by atoms with E-state index in [4.69, 9.17) is 16.2 Å². The van der Waals surface area contributed by atoms with E-state index < -0.39 is 57.8 Å². The number of ketones is 2. The highest BCUT2D eigenvalue weighted by Gasteiger charge is 2.64. The van der Waals surface area contributed by atoms with Gasteiger partial charge in [-0.1, -0.05) is 0 Å². The fourth-order valence-corrected chi connectivity index (χ4v) is 5.02. The van der Waals surface area contributed by atoms with Gasteiger partial charge < -0.3 is 31.4 Å². The molecule has 7 N–H and O–H groups in total. The Bertz CT molecular complexity index is 1150. The molecular weight excluding hydrogens is 394 g/mol. The number of hydrogen-bond acceptors (Lipinski definition) is 8. The Balaban J connectivity index is 1.94. The predicted octanol–water partition coefficient (Wildman–Crippen LogP) is -1.26. The fourth-order valence-electron chi connectivity index (χ4n) is 5.02. The van der Waals surface area contributed by atoms with Gasteiger partial charge in [0.25, 0.3) is 11.5 Å². The zero-order chi connectivity index (χ0) is 22.1. The van der Waals surface area contributed by atoms with Crippen molar-refractivity contribution in [3.8, 4) is 0 Å². The third kappa shape index (κ3) is 2.37. The number of ether oxygens (including phenoxy) is 1. The topological polar surface area (TPSA) is 186 Å². The summed E-state index contributed by atoms with van der Waals surface area (Å²) in [6, 6.07) is 0.558. The maximum absolute atomic E-state index is 13.4. The van der Waals surface area contributed by atoms with Crippen LogP contribution in [-0.4, -0.2) is 51.4 Å². The highest BCUT2D eigenvalue weighted by Crippen LogP contribution is 2.49. The van der Waals surface area contributed by atoms with Crippen LogP contribution >= 0.6 is 0 Å². The first kappa shape index (κ1) is 20.0. The molecule has 0 unspecified atom stereocenters. The second kappa shape index (κ2) is 6.38. The quantitative estimate of drug-likeness (QED) is 0.292. The molecule has 4 atom stereocenters. The summed E-state index contributed by atoms with van der Waals surface area (Å²) in [5.41, 5.74) is 8.37. The average Bonchev–Trinajstić information content (AvgIpc) is 2.65. The zero-order valence-electron chi connectivity index (χ0n) is 16.3. The van der Waals surface area contributed by atoms with Gasteiger partial charge in [0.2, 0.25) is 11.6 Å². The maximum Gasteiger partial charge on any atom is 0.259 e. The lowest BCUT2D eigenvalue weighted by atomic mass is 9.57. The third-order valence-electron chi connectivity index (χ3n) is 6.30. The van der Waals surface area contributed by atoms with E-state index in [0.717, 1.165) is 0 Å². The van der Waals surface area contributed by atoms with E-state index in [2.05, 4.69) is 4.98 Å². The van der Waals surface area contributed by atoms with Gasteiger partial charge in [0.15, 0.2) is 5.60 Å². The lowest BCUT2D eigenvalue weighted by molar-refractivity contribution is -0.159. The summed E-state index contributed by atoms with van der Waals surface area (Å²) in [5.74, 6) is -5.93. The van der Waals surface area contributed by atoms with E-state index in [-0.39, 0.29) is 29.7 Å². The number of amides is 1. The van der Waals surface area contributed by atoms with E-state index in [1.807, 2.05) is 0 Å². The van der Waals surface area contributed by atoms with Gasteiger partial charge in [-0.15, -0.1) is 0 Å². The Hall–Kier alpha value is -3.24. The number of aliphatic hydroxyl groups is 2. The van der Waals surface area contributed by atoms with Crippen molar-refractivity contribution in [3.63, 3.8) is 0 Å². The molecule has 0 radical (unpaired) electrons. The molecule has 0 bridgehead atoms. The second-order valence-electron chi connectivity index (χ2n) is 7.95. The number of hydrogen-bond donors (Lipinski definition) is 5. The Morgan fingerprint density at radius 3 is 2.57 bits per heavy atom. The molecule has 1 fully saturated rings.